The monoisotopic (exact) mass is 216 g/mol. The summed E-state index contributed by atoms with van der Waals surface area (Å²) in [4.78, 5) is 4.28. The first-order valence-electron chi connectivity index (χ1n) is 5.44. The van der Waals surface area contributed by atoms with Crippen molar-refractivity contribution < 1.29 is 4.74 Å². The summed E-state index contributed by atoms with van der Waals surface area (Å²) in [7, 11) is 0. The number of fused-ring (bicyclic) bond motifs is 1. The molecule has 0 fully saturated rings. The van der Waals surface area contributed by atoms with Crippen molar-refractivity contribution in [2.24, 2.45) is 5.73 Å². The van der Waals surface area contributed by atoms with E-state index >= 15 is 0 Å². The van der Waals surface area contributed by atoms with E-state index in [0.717, 1.165) is 16.7 Å². The predicted molar refractivity (Wildman–Crippen MR) is 65.5 cm³/mol. The second-order valence-corrected chi connectivity index (χ2v) is 4.04. The highest BCUT2D eigenvalue weighted by molar-refractivity contribution is 5.79. The van der Waals surface area contributed by atoms with Gasteiger partial charge in [0.25, 0.3) is 0 Å². The van der Waals surface area contributed by atoms with E-state index in [2.05, 4.69) is 4.98 Å². The van der Waals surface area contributed by atoms with E-state index in [1.54, 1.807) is 6.20 Å². The zero-order chi connectivity index (χ0) is 11.5. The fourth-order valence-corrected chi connectivity index (χ4v) is 1.44. The van der Waals surface area contributed by atoms with Crippen molar-refractivity contribution in [3.05, 3.63) is 36.5 Å². The average Bonchev–Trinajstić information content (AvgIpc) is 2.28. The third-order valence-corrected chi connectivity index (χ3v) is 2.64. The third kappa shape index (κ3) is 2.31. The molecule has 2 N–H and O–H groups in total. The Morgan fingerprint density at radius 3 is 2.81 bits per heavy atom. The van der Waals surface area contributed by atoms with Crippen molar-refractivity contribution in [3.63, 3.8) is 0 Å². The van der Waals surface area contributed by atoms with Gasteiger partial charge in [-0.1, -0.05) is 6.07 Å². The van der Waals surface area contributed by atoms with Crippen LogP contribution in [0.15, 0.2) is 36.5 Å². The van der Waals surface area contributed by atoms with Crippen LogP contribution in [0.25, 0.3) is 10.9 Å². The van der Waals surface area contributed by atoms with Crippen LogP contribution in [0.3, 0.4) is 0 Å². The van der Waals surface area contributed by atoms with E-state index < -0.39 is 0 Å². The van der Waals surface area contributed by atoms with Gasteiger partial charge in [-0.3, -0.25) is 4.98 Å². The molecule has 2 atom stereocenters. The number of nitrogens with zero attached hydrogens (tertiary/aromatic N) is 1. The van der Waals surface area contributed by atoms with Gasteiger partial charge >= 0.3 is 0 Å². The molecule has 1 aromatic heterocycles. The molecule has 1 heterocycles. The predicted octanol–water partition coefficient (Wildman–Crippen LogP) is 2.35. The summed E-state index contributed by atoms with van der Waals surface area (Å²) >= 11 is 0. The summed E-state index contributed by atoms with van der Waals surface area (Å²) in [6.07, 6.45) is 1.78. The fourth-order valence-electron chi connectivity index (χ4n) is 1.44. The Morgan fingerprint density at radius 2 is 2.06 bits per heavy atom. The van der Waals surface area contributed by atoms with E-state index in [0.29, 0.717) is 0 Å². The quantitative estimate of drug-likeness (QED) is 0.856. The summed E-state index contributed by atoms with van der Waals surface area (Å²) in [5.74, 6) is 0.816. The number of ether oxygens (including phenoxy) is 1. The van der Waals surface area contributed by atoms with E-state index in [1.165, 1.54) is 0 Å². The van der Waals surface area contributed by atoms with E-state index in [9.17, 15) is 0 Å². The summed E-state index contributed by atoms with van der Waals surface area (Å²) in [5.41, 5.74) is 6.70. The number of aromatic nitrogens is 1. The molecule has 2 rings (SSSR count). The maximum Gasteiger partial charge on any atom is 0.121 e. The lowest BCUT2D eigenvalue weighted by Crippen LogP contribution is -2.33. The third-order valence-electron chi connectivity index (χ3n) is 2.64. The molecule has 3 heteroatoms. The van der Waals surface area contributed by atoms with Crippen molar-refractivity contribution >= 4 is 10.9 Å². The Balaban J connectivity index is 2.26. The normalized spacial score (nSPS) is 14.7. The SMILES string of the molecule is CC(N)C(C)Oc1ccc2cccnc2c1. The van der Waals surface area contributed by atoms with Crippen molar-refractivity contribution in [2.45, 2.75) is 26.0 Å². The molecule has 3 nitrogen and oxygen atoms in total. The van der Waals surface area contributed by atoms with Crippen molar-refractivity contribution in [1.29, 1.82) is 0 Å². The average molecular weight is 216 g/mol. The molecule has 84 valence electrons. The van der Waals surface area contributed by atoms with Gasteiger partial charge in [-0.25, -0.2) is 0 Å². The lowest BCUT2D eigenvalue weighted by Gasteiger charge is -2.18. The van der Waals surface area contributed by atoms with Gasteiger partial charge in [-0.05, 0) is 32.0 Å². The topological polar surface area (TPSA) is 48.1 Å². The summed E-state index contributed by atoms with van der Waals surface area (Å²) in [5, 5.41) is 1.11. The second-order valence-electron chi connectivity index (χ2n) is 4.04. The van der Waals surface area contributed by atoms with Gasteiger partial charge in [-0.2, -0.15) is 0 Å². The molecule has 16 heavy (non-hydrogen) atoms. The molecule has 0 bridgehead atoms. The molecule has 0 amide bonds. The van der Waals surface area contributed by atoms with Crippen LogP contribution in [-0.2, 0) is 0 Å². The van der Waals surface area contributed by atoms with Gasteiger partial charge < -0.3 is 10.5 Å². The number of pyridine rings is 1. The van der Waals surface area contributed by atoms with Crippen LogP contribution in [0.5, 0.6) is 5.75 Å². The first-order chi connectivity index (χ1) is 7.66. The molecule has 0 saturated carbocycles. The van der Waals surface area contributed by atoms with Crippen LogP contribution in [0.1, 0.15) is 13.8 Å². The minimum Gasteiger partial charge on any atom is -0.489 e. The van der Waals surface area contributed by atoms with Gasteiger partial charge in [0.15, 0.2) is 0 Å². The van der Waals surface area contributed by atoms with Crippen LogP contribution in [0, 0.1) is 0 Å². The Hall–Kier alpha value is -1.61. The maximum atomic E-state index is 5.76. The lowest BCUT2D eigenvalue weighted by molar-refractivity contribution is 0.197. The number of benzene rings is 1. The largest absolute Gasteiger partial charge is 0.489 e. The van der Waals surface area contributed by atoms with Crippen LogP contribution in [-0.4, -0.2) is 17.1 Å². The van der Waals surface area contributed by atoms with Crippen LogP contribution < -0.4 is 10.5 Å². The number of nitrogens with two attached hydrogens (primary N) is 1. The van der Waals surface area contributed by atoms with Gasteiger partial charge in [-0.15, -0.1) is 0 Å². The molecule has 0 aliphatic rings. The standard InChI is InChI=1S/C13H16N2O/c1-9(14)10(2)16-12-6-5-11-4-3-7-15-13(11)8-12/h3-10H,14H2,1-2H3. The van der Waals surface area contributed by atoms with Crippen LogP contribution >= 0.6 is 0 Å². The number of hydrogen-bond donors (Lipinski definition) is 1. The van der Waals surface area contributed by atoms with Crippen LogP contribution in [0.4, 0.5) is 0 Å². The van der Waals surface area contributed by atoms with Crippen molar-refractivity contribution in [3.8, 4) is 5.75 Å². The summed E-state index contributed by atoms with van der Waals surface area (Å²) < 4.78 is 5.72. The summed E-state index contributed by atoms with van der Waals surface area (Å²) in [6.45, 7) is 3.90. The fraction of sp³-hybridized carbons (Fsp3) is 0.308. The molecule has 0 spiro atoms. The van der Waals surface area contributed by atoms with Gasteiger partial charge in [0.2, 0.25) is 0 Å². The molecule has 2 aromatic rings. The Morgan fingerprint density at radius 1 is 1.25 bits per heavy atom. The highest BCUT2D eigenvalue weighted by Gasteiger charge is 2.09. The molecular weight excluding hydrogens is 200 g/mol. The first-order valence-corrected chi connectivity index (χ1v) is 5.44. The first kappa shape index (κ1) is 10.9. The minimum absolute atomic E-state index is 0.00108. The molecular formula is C13H16N2O. The Kier molecular flexibility index (Phi) is 3.06. The van der Waals surface area contributed by atoms with Crippen LogP contribution in [0.2, 0.25) is 0 Å². The zero-order valence-corrected chi connectivity index (χ0v) is 9.55. The minimum atomic E-state index is 0.00108. The van der Waals surface area contributed by atoms with E-state index in [4.69, 9.17) is 10.5 Å². The molecule has 2 unspecified atom stereocenters. The van der Waals surface area contributed by atoms with Crippen molar-refractivity contribution in [2.75, 3.05) is 0 Å². The molecule has 0 aliphatic heterocycles. The molecule has 0 aliphatic carbocycles. The lowest BCUT2D eigenvalue weighted by atomic mass is 10.2. The highest BCUT2D eigenvalue weighted by Crippen LogP contribution is 2.20. The Bertz CT molecular complexity index is 482. The molecule has 1 aromatic carbocycles. The number of rotatable bonds is 3. The summed E-state index contributed by atoms with van der Waals surface area (Å²) in [6, 6.07) is 9.86. The Labute approximate surface area is 95.2 Å². The van der Waals surface area contributed by atoms with E-state index in [-0.39, 0.29) is 12.1 Å². The molecule has 0 radical (unpaired) electrons. The number of hydrogen-bond acceptors (Lipinski definition) is 3. The highest BCUT2D eigenvalue weighted by atomic mass is 16.5. The zero-order valence-electron chi connectivity index (χ0n) is 9.55. The smallest absolute Gasteiger partial charge is 0.121 e. The maximum absolute atomic E-state index is 5.76. The second kappa shape index (κ2) is 4.49. The van der Waals surface area contributed by atoms with Gasteiger partial charge in [0, 0.05) is 23.7 Å². The van der Waals surface area contributed by atoms with Gasteiger partial charge in [0.05, 0.1) is 5.52 Å². The molecule has 0 saturated heterocycles. The van der Waals surface area contributed by atoms with Crippen molar-refractivity contribution in [1.82, 2.24) is 4.98 Å². The van der Waals surface area contributed by atoms with Gasteiger partial charge in [0.1, 0.15) is 11.9 Å². The van der Waals surface area contributed by atoms with E-state index in [1.807, 2.05) is 44.2 Å².